The van der Waals surface area contributed by atoms with Crippen molar-refractivity contribution < 1.29 is 9.47 Å². The Kier molecular flexibility index (Phi) is 3.69. The van der Waals surface area contributed by atoms with E-state index in [0.717, 1.165) is 25.3 Å². The Hall–Kier alpha value is -1.20. The fourth-order valence-electron chi connectivity index (χ4n) is 1.67. The van der Waals surface area contributed by atoms with E-state index in [4.69, 9.17) is 9.47 Å². The van der Waals surface area contributed by atoms with Gasteiger partial charge in [0.15, 0.2) is 0 Å². The van der Waals surface area contributed by atoms with E-state index in [1.165, 1.54) is 0 Å². The first kappa shape index (κ1) is 11.3. The van der Waals surface area contributed by atoms with Gasteiger partial charge in [-0.05, 0) is 12.6 Å². The highest BCUT2D eigenvalue weighted by Gasteiger charge is 2.27. The van der Waals surface area contributed by atoms with Crippen molar-refractivity contribution in [2.45, 2.75) is 19.6 Å². The van der Waals surface area contributed by atoms with Crippen LogP contribution in [0.3, 0.4) is 0 Å². The number of aromatic nitrogens is 2. The molecule has 0 aliphatic carbocycles. The van der Waals surface area contributed by atoms with Gasteiger partial charge in [0.1, 0.15) is 6.10 Å². The molecule has 0 saturated carbocycles. The van der Waals surface area contributed by atoms with Crippen LogP contribution < -0.4 is 4.74 Å². The second-order valence-electron chi connectivity index (χ2n) is 3.86. The summed E-state index contributed by atoms with van der Waals surface area (Å²) >= 11 is 0. The highest BCUT2D eigenvalue weighted by atomic mass is 16.5. The van der Waals surface area contributed by atoms with Gasteiger partial charge in [-0.3, -0.25) is 4.90 Å². The first-order valence-electron chi connectivity index (χ1n) is 5.51. The van der Waals surface area contributed by atoms with Gasteiger partial charge in [-0.1, -0.05) is 6.92 Å². The lowest BCUT2D eigenvalue weighted by Gasteiger charge is -2.37. The van der Waals surface area contributed by atoms with E-state index in [1.807, 2.05) is 6.07 Å². The van der Waals surface area contributed by atoms with E-state index in [2.05, 4.69) is 21.8 Å². The molecule has 0 unspecified atom stereocenters. The SMILES string of the molecule is CCN1CC(Oc2nccc(COC)n2)C1. The molecule has 0 atom stereocenters. The molecule has 1 aliphatic heterocycles. The lowest BCUT2D eigenvalue weighted by atomic mass is 10.2. The molecule has 0 radical (unpaired) electrons. The number of likely N-dealkylation sites (tertiary alicyclic amines) is 1. The maximum absolute atomic E-state index is 5.65. The molecule has 1 saturated heterocycles. The molecule has 1 aliphatic rings. The van der Waals surface area contributed by atoms with Crippen molar-refractivity contribution in [1.82, 2.24) is 14.9 Å². The molecule has 0 aromatic carbocycles. The molecular formula is C11H17N3O2. The van der Waals surface area contributed by atoms with E-state index in [9.17, 15) is 0 Å². The Bertz CT molecular complexity index is 340. The van der Waals surface area contributed by atoms with E-state index in [1.54, 1.807) is 13.3 Å². The molecular weight excluding hydrogens is 206 g/mol. The van der Waals surface area contributed by atoms with Gasteiger partial charge in [-0.25, -0.2) is 4.98 Å². The Balaban J connectivity index is 1.87. The van der Waals surface area contributed by atoms with Crippen molar-refractivity contribution >= 4 is 0 Å². The largest absolute Gasteiger partial charge is 0.457 e. The van der Waals surface area contributed by atoms with Crippen molar-refractivity contribution in [2.24, 2.45) is 0 Å². The zero-order chi connectivity index (χ0) is 11.4. The number of rotatable bonds is 5. The van der Waals surface area contributed by atoms with Gasteiger partial charge in [0.05, 0.1) is 12.3 Å². The molecule has 0 bridgehead atoms. The third kappa shape index (κ3) is 2.68. The summed E-state index contributed by atoms with van der Waals surface area (Å²) in [5.74, 6) is 0. The minimum atomic E-state index is 0.234. The Labute approximate surface area is 95.4 Å². The molecule has 1 aromatic heterocycles. The van der Waals surface area contributed by atoms with Crippen LogP contribution in [0, 0.1) is 0 Å². The smallest absolute Gasteiger partial charge is 0.317 e. The Morgan fingerprint density at radius 1 is 1.50 bits per heavy atom. The highest BCUT2D eigenvalue weighted by molar-refractivity contribution is 5.05. The van der Waals surface area contributed by atoms with Crippen LogP contribution in [0.5, 0.6) is 6.01 Å². The number of methoxy groups -OCH3 is 1. The Morgan fingerprint density at radius 3 is 3.00 bits per heavy atom. The molecule has 2 rings (SSSR count). The summed E-state index contributed by atoms with van der Waals surface area (Å²) < 4.78 is 10.7. The monoisotopic (exact) mass is 223 g/mol. The minimum Gasteiger partial charge on any atom is -0.457 e. The lowest BCUT2D eigenvalue weighted by molar-refractivity contribution is 0.0173. The number of nitrogens with zero attached hydrogens (tertiary/aromatic N) is 3. The van der Waals surface area contributed by atoms with Crippen LogP contribution in [0.15, 0.2) is 12.3 Å². The van der Waals surface area contributed by atoms with E-state index in [-0.39, 0.29) is 6.10 Å². The van der Waals surface area contributed by atoms with Crippen LogP contribution in [-0.2, 0) is 11.3 Å². The van der Waals surface area contributed by atoms with E-state index >= 15 is 0 Å². The quantitative estimate of drug-likeness (QED) is 0.735. The van der Waals surface area contributed by atoms with Crippen molar-refractivity contribution in [2.75, 3.05) is 26.7 Å². The fourth-order valence-corrected chi connectivity index (χ4v) is 1.67. The van der Waals surface area contributed by atoms with Crippen LogP contribution in [0.4, 0.5) is 0 Å². The van der Waals surface area contributed by atoms with Gasteiger partial charge in [0, 0.05) is 26.4 Å². The predicted octanol–water partition coefficient (Wildman–Crippen LogP) is 0.706. The summed E-state index contributed by atoms with van der Waals surface area (Å²) in [7, 11) is 1.65. The van der Waals surface area contributed by atoms with Crippen LogP contribution in [0.1, 0.15) is 12.6 Å². The lowest BCUT2D eigenvalue weighted by Crippen LogP contribution is -2.53. The van der Waals surface area contributed by atoms with Gasteiger partial charge in [-0.15, -0.1) is 0 Å². The summed E-state index contributed by atoms with van der Waals surface area (Å²) in [6, 6.07) is 2.28. The maximum Gasteiger partial charge on any atom is 0.317 e. The zero-order valence-electron chi connectivity index (χ0n) is 9.72. The van der Waals surface area contributed by atoms with Crippen LogP contribution in [0.2, 0.25) is 0 Å². The molecule has 88 valence electrons. The number of hydrogen-bond acceptors (Lipinski definition) is 5. The molecule has 1 aromatic rings. The van der Waals surface area contributed by atoms with Gasteiger partial charge >= 0.3 is 6.01 Å². The average molecular weight is 223 g/mol. The second kappa shape index (κ2) is 5.23. The number of hydrogen-bond donors (Lipinski definition) is 0. The molecule has 0 spiro atoms. The second-order valence-corrected chi connectivity index (χ2v) is 3.86. The van der Waals surface area contributed by atoms with Gasteiger partial charge in [-0.2, -0.15) is 4.98 Å². The van der Waals surface area contributed by atoms with Gasteiger partial charge < -0.3 is 9.47 Å². The first-order chi connectivity index (χ1) is 7.81. The molecule has 5 heteroatoms. The maximum atomic E-state index is 5.65. The fraction of sp³-hybridized carbons (Fsp3) is 0.636. The van der Waals surface area contributed by atoms with E-state index in [0.29, 0.717) is 12.6 Å². The summed E-state index contributed by atoms with van der Waals surface area (Å²) in [5, 5.41) is 0. The topological polar surface area (TPSA) is 47.5 Å². The highest BCUT2D eigenvalue weighted by Crippen LogP contribution is 2.13. The van der Waals surface area contributed by atoms with Gasteiger partial charge in [0.25, 0.3) is 0 Å². The van der Waals surface area contributed by atoms with Gasteiger partial charge in [0.2, 0.25) is 0 Å². The van der Waals surface area contributed by atoms with E-state index < -0.39 is 0 Å². The summed E-state index contributed by atoms with van der Waals surface area (Å²) in [4.78, 5) is 10.7. The zero-order valence-corrected chi connectivity index (χ0v) is 9.72. The number of likely N-dealkylation sites (N-methyl/N-ethyl adjacent to an activating group) is 1. The van der Waals surface area contributed by atoms with Crippen LogP contribution >= 0.6 is 0 Å². The average Bonchev–Trinajstić information content (AvgIpc) is 2.24. The summed E-state index contributed by atoms with van der Waals surface area (Å²) in [6.45, 7) is 5.64. The summed E-state index contributed by atoms with van der Waals surface area (Å²) in [5.41, 5.74) is 0.846. The Morgan fingerprint density at radius 2 is 2.31 bits per heavy atom. The minimum absolute atomic E-state index is 0.234. The third-order valence-electron chi connectivity index (χ3n) is 2.63. The summed E-state index contributed by atoms with van der Waals surface area (Å²) in [6.07, 6.45) is 1.94. The van der Waals surface area contributed by atoms with Crippen molar-refractivity contribution in [1.29, 1.82) is 0 Å². The standard InChI is InChI=1S/C11H17N3O2/c1-3-14-6-10(7-14)16-11-12-5-4-9(13-11)8-15-2/h4-5,10H,3,6-8H2,1-2H3. The third-order valence-corrected chi connectivity index (χ3v) is 2.63. The molecule has 16 heavy (non-hydrogen) atoms. The molecule has 1 fully saturated rings. The normalized spacial score (nSPS) is 17.1. The molecule has 5 nitrogen and oxygen atoms in total. The molecule has 0 N–H and O–H groups in total. The molecule has 0 amide bonds. The predicted molar refractivity (Wildman–Crippen MR) is 59.3 cm³/mol. The van der Waals surface area contributed by atoms with Crippen molar-refractivity contribution in [3.05, 3.63) is 18.0 Å². The first-order valence-corrected chi connectivity index (χ1v) is 5.51. The van der Waals surface area contributed by atoms with Crippen molar-refractivity contribution in [3.63, 3.8) is 0 Å². The molecule has 2 heterocycles. The van der Waals surface area contributed by atoms with Crippen molar-refractivity contribution in [3.8, 4) is 6.01 Å². The van der Waals surface area contributed by atoms with Crippen LogP contribution in [0.25, 0.3) is 0 Å². The van der Waals surface area contributed by atoms with Crippen LogP contribution in [-0.4, -0.2) is 47.7 Å². The number of ether oxygens (including phenoxy) is 2.